The second-order valence-corrected chi connectivity index (χ2v) is 8.51. The summed E-state index contributed by atoms with van der Waals surface area (Å²) in [6.45, 7) is 2.93. The van der Waals surface area contributed by atoms with Gasteiger partial charge in [0.05, 0.1) is 18.2 Å². The molecule has 3 aromatic carbocycles. The molecule has 1 aliphatic rings. The number of unbranched alkanes of at least 4 members (excludes halogenated alkanes) is 1. The van der Waals surface area contributed by atoms with Gasteiger partial charge in [-0.15, -0.1) is 0 Å². The Morgan fingerprint density at radius 1 is 1.00 bits per heavy atom. The number of aliphatic hydroxyl groups excluding tert-OH is 1. The average molecular weight is 474 g/mol. The van der Waals surface area contributed by atoms with Crippen molar-refractivity contribution in [2.24, 2.45) is 0 Å². The fourth-order valence-electron chi connectivity index (χ4n) is 4.22. The van der Waals surface area contributed by atoms with E-state index in [1.165, 1.54) is 29.2 Å². The Balaban J connectivity index is 1.75. The minimum Gasteiger partial charge on any atom is -0.507 e. The van der Waals surface area contributed by atoms with E-state index in [1.54, 1.807) is 6.07 Å². The zero-order valence-corrected chi connectivity index (χ0v) is 19.6. The van der Waals surface area contributed by atoms with Crippen LogP contribution < -0.4 is 4.74 Å². The van der Waals surface area contributed by atoms with E-state index < -0.39 is 23.5 Å². The van der Waals surface area contributed by atoms with E-state index in [4.69, 9.17) is 4.74 Å². The van der Waals surface area contributed by atoms with Crippen LogP contribution in [0.4, 0.5) is 4.39 Å². The first-order valence-corrected chi connectivity index (χ1v) is 11.8. The molecule has 0 saturated carbocycles. The van der Waals surface area contributed by atoms with Crippen molar-refractivity contribution in [3.63, 3.8) is 0 Å². The molecule has 4 rings (SSSR count). The lowest BCUT2D eigenvalue weighted by Gasteiger charge is -2.26. The Labute approximate surface area is 204 Å². The molecule has 1 saturated heterocycles. The quantitative estimate of drug-likeness (QED) is 0.188. The minimum atomic E-state index is -0.793. The van der Waals surface area contributed by atoms with Crippen LogP contribution in [0.1, 0.15) is 42.5 Å². The highest BCUT2D eigenvalue weighted by Gasteiger charge is 2.45. The van der Waals surface area contributed by atoms with Gasteiger partial charge in [0.2, 0.25) is 0 Å². The second kappa shape index (κ2) is 11.0. The van der Waals surface area contributed by atoms with Gasteiger partial charge in [-0.3, -0.25) is 9.59 Å². The number of hydrogen-bond donors (Lipinski definition) is 1. The highest BCUT2D eigenvalue weighted by molar-refractivity contribution is 6.46. The standard InChI is InChI=1S/C29H28FNO4/c1-2-3-18-35-24-11-7-10-22(19-24)26-25(27(32)21-12-14-23(30)15-13-21)28(33)29(34)31(26)17-16-20-8-5-4-6-9-20/h4-15,19,26,32H,2-3,16-18H2,1H3. The molecule has 0 aromatic heterocycles. The number of halogens is 1. The van der Waals surface area contributed by atoms with Crippen molar-refractivity contribution in [3.8, 4) is 5.75 Å². The van der Waals surface area contributed by atoms with E-state index in [0.717, 1.165) is 18.4 Å². The van der Waals surface area contributed by atoms with Gasteiger partial charge in [-0.1, -0.05) is 55.8 Å². The van der Waals surface area contributed by atoms with Gasteiger partial charge in [-0.25, -0.2) is 4.39 Å². The lowest BCUT2D eigenvalue weighted by Crippen LogP contribution is -2.31. The van der Waals surface area contributed by atoms with Crippen molar-refractivity contribution in [2.75, 3.05) is 13.2 Å². The SMILES string of the molecule is CCCCOc1cccc(C2C(=C(O)c3ccc(F)cc3)C(=O)C(=O)N2CCc2ccccc2)c1. The summed E-state index contributed by atoms with van der Waals surface area (Å²) in [4.78, 5) is 27.8. The molecule has 1 atom stereocenters. The Morgan fingerprint density at radius 2 is 1.74 bits per heavy atom. The molecule has 35 heavy (non-hydrogen) atoms. The molecule has 0 radical (unpaired) electrons. The van der Waals surface area contributed by atoms with E-state index in [0.29, 0.717) is 30.9 Å². The van der Waals surface area contributed by atoms with Gasteiger partial charge in [0.1, 0.15) is 17.3 Å². The fourth-order valence-corrected chi connectivity index (χ4v) is 4.22. The van der Waals surface area contributed by atoms with Gasteiger partial charge >= 0.3 is 0 Å². The summed E-state index contributed by atoms with van der Waals surface area (Å²) in [6, 6.07) is 21.4. The van der Waals surface area contributed by atoms with Gasteiger partial charge in [0.15, 0.2) is 0 Å². The Hall–Kier alpha value is -3.93. The molecule has 180 valence electrons. The first-order chi connectivity index (χ1) is 17.0. The van der Waals surface area contributed by atoms with E-state index in [1.807, 2.05) is 48.5 Å². The second-order valence-electron chi connectivity index (χ2n) is 8.51. The van der Waals surface area contributed by atoms with E-state index >= 15 is 0 Å². The molecule has 1 amide bonds. The minimum absolute atomic E-state index is 0.0135. The molecule has 5 nitrogen and oxygen atoms in total. The summed E-state index contributed by atoms with van der Waals surface area (Å²) in [6.07, 6.45) is 2.45. The maximum absolute atomic E-state index is 13.5. The summed E-state index contributed by atoms with van der Waals surface area (Å²) in [5.74, 6) is -1.59. The van der Waals surface area contributed by atoms with Crippen LogP contribution in [0.3, 0.4) is 0 Å². The number of ketones is 1. The monoisotopic (exact) mass is 473 g/mol. The molecular weight excluding hydrogens is 445 g/mol. The maximum Gasteiger partial charge on any atom is 0.295 e. The molecule has 1 heterocycles. The Bertz CT molecular complexity index is 1220. The lowest BCUT2D eigenvalue weighted by molar-refractivity contribution is -0.139. The van der Waals surface area contributed by atoms with Crippen LogP contribution in [0, 0.1) is 5.82 Å². The highest BCUT2D eigenvalue weighted by atomic mass is 19.1. The summed E-state index contributed by atoms with van der Waals surface area (Å²) in [7, 11) is 0. The summed E-state index contributed by atoms with van der Waals surface area (Å²) in [5.41, 5.74) is 1.95. The van der Waals surface area contributed by atoms with E-state index in [2.05, 4.69) is 6.92 Å². The zero-order chi connectivity index (χ0) is 24.8. The number of amides is 1. The topological polar surface area (TPSA) is 66.8 Å². The Morgan fingerprint density at radius 3 is 2.46 bits per heavy atom. The largest absolute Gasteiger partial charge is 0.507 e. The van der Waals surface area contributed by atoms with Crippen molar-refractivity contribution in [1.82, 2.24) is 4.90 Å². The van der Waals surface area contributed by atoms with Gasteiger partial charge in [0.25, 0.3) is 11.7 Å². The van der Waals surface area contributed by atoms with Gasteiger partial charge in [-0.2, -0.15) is 0 Å². The Kier molecular flexibility index (Phi) is 7.60. The first-order valence-electron chi connectivity index (χ1n) is 11.8. The van der Waals surface area contributed by atoms with Crippen molar-refractivity contribution < 1.29 is 23.8 Å². The molecule has 3 aromatic rings. The third-order valence-corrected chi connectivity index (χ3v) is 6.08. The van der Waals surface area contributed by atoms with E-state index in [9.17, 15) is 19.1 Å². The van der Waals surface area contributed by atoms with Crippen LogP contribution in [0.5, 0.6) is 5.75 Å². The molecule has 0 bridgehead atoms. The number of aliphatic hydroxyl groups is 1. The molecular formula is C29H28FNO4. The number of likely N-dealkylation sites (tertiary alicyclic amines) is 1. The molecule has 1 unspecified atom stereocenters. The number of benzene rings is 3. The van der Waals surface area contributed by atoms with E-state index in [-0.39, 0.29) is 16.9 Å². The number of carbonyl (C=O) groups excluding carboxylic acids is 2. The predicted octanol–water partition coefficient (Wildman–Crippen LogP) is 5.67. The van der Waals surface area contributed by atoms with Crippen molar-refractivity contribution >= 4 is 17.4 Å². The molecule has 0 spiro atoms. The number of Topliss-reactive ketones (excluding diaryl/α,β-unsaturated/α-hetero) is 1. The van der Waals surface area contributed by atoms with Gasteiger partial charge < -0.3 is 14.7 Å². The maximum atomic E-state index is 13.5. The summed E-state index contributed by atoms with van der Waals surface area (Å²) < 4.78 is 19.3. The van der Waals surface area contributed by atoms with Gasteiger partial charge in [-0.05, 0) is 60.4 Å². The molecule has 6 heteroatoms. The molecule has 1 aliphatic heterocycles. The third kappa shape index (κ3) is 5.43. The predicted molar refractivity (Wildman–Crippen MR) is 132 cm³/mol. The van der Waals surface area contributed by atoms with Crippen LogP contribution in [-0.4, -0.2) is 34.8 Å². The smallest absolute Gasteiger partial charge is 0.295 e. The molecule has 1 N–H and O–H groups in total. The molecule has 0 aliphatic carbocycles. The van der Waals surface area contributed by atoms with Crippen LogP contribution in [-0.2, 0) is 16.0 Å². The summed E-state index contributed by atoms with van der Waals surface area (Å²) in [5, 5.41) is 11.1. The van der Waals surface area contributed by atoms with Crippen molar-refractivity contribution in [3.05, 3.63) is 107 Å². The molecule has 1 fully saturated rings. The fraction of sp³-hybridized carbons (Fsp3) is 0.241. The number of carbonyl (C=O) groups is 2. The van der Waals surface area contributed by atoms with Crippen molar-refractivity contribution in [1.29, 1.82) is 0 Å². The van der Waals surface area contributed by atoms with Crippen LogP contribution in [0.2, 0.25) is 0 Å². The lowest BCUT2D eigenvalue weighted by atomic mass is 9.95. The first kappa shape index (κ1) is 24.2. The number of nitrogens with zero attached hydrogens (tertiary/aromatic N) is 1. The van der Waals surface area contributed by atoms with Crippen LogP contribution in [0.25, 0.3) is 5.76 Å². The van der Waals surface area contributed by atoms with Crippen molar-refractivity contribution in [2.45, 2.75) is 32.2 Å². The third-order valence-electron chi connectivity index (χ3n) is 6.08. The summed E-state index contributed by atoms with van der Waals surface area (Å²) >= 11 is 0. The number of hydrogen-bond acceptors (Lipinski definition) is 4. The normalized spacial score (nSPS) is 17.1. The van der Waals surface area contributed by atoms with Gasteiger partial charge in [0, 0.05) is 12.1 Å². The average Bonchev–Trinajstić information content (AvgIpc) is 3.13. The zero-order valence-electron chi connectivity index (χ0n) is 19.6. The number of rotatable bonds is 9. The van der Waals surface area contributed by atoms with Crippen LogP contribution in [0.15, 0.2) is 84.4 Å². The highest BCUT2D eigenvalue weighted by Crippen LogP contribution is 2.40. The van der Waals surface area contributed by atoms with Crippen LogP contribution >= 0.6 is 0 Å². The number of ether oxygens (including phenoxy) is 1.